The topological polar surface area (TPSA) is 62.1 Å². The molecule has 0 saturated carbocycles. The maximum Gasteiger partial charge on any atom is 0.262 e. The number of hydrogen-bond donors (Lipinski definition) is 1. The van der Waals surface area contributed by atoms with Gasteiger partial charge < -0.3 is 10.1 Å². The van der Waals surface area contributed by atoms with Crippen molar-refractivity contribution in [2.45, 2.75) is 13.0 Å². The number of amides is 1. The Morgan fingerprint density at radius 1 is 1.29 bits per heavy atom. The second-order valence-corrected chi connectivity index (χ2v) is 5.60. The zero-order valence-electron chi connectivity index (χ0n) is 13.4. The summed E-state index contributed by atoms with van der Waals surface area (Å²) in [5.41, 5.74) is 1.52. The third-order valence-electron chi connectivity index (χ3n) is 3.50. The van der Waals surface area contributed by atoms with Crippen LogP contribution in [0.2, 0.25) is 5.02 Å². The van der Waals surface area contributed by atoms with Crippen LogP contribution in [0, 0.1) is 11.3 Å². The van der Waals surface area contributed by atoms with Gasteiger partial charge in [-0.25, -0.2) is 0 Å². The number of carbonyl (C=O) groups is 1. The Bertz CT molecular complexity index is 795. The third kappa shape index (κ3) is 4.37. The number of nitriles is 1. The largest absolute Gasteiger partial charge is 0.496 e. The lowest BCUT2D eigenvalue weighted by molar-refractivity contribution is -0.117. The molecule has 0 radical (unpaired) electrons. The number of carbonyl (C=O) groups excluding carboxylic acids is 1. The minimum atomic E-state index is -0.448. The fourth-order valence-electron chi connectivity index (χ4n) is 2.22. The molecule has 0 aliphatic heterocycles. The molecule has 1 amide bonds. The molecule has 24 heavy (non-hydrogen) atoms. The fraction of sp³-hybridized carbons (Fsp3) is 0.158. The highest BCUT2D eigenvalue weighted by atomic mass is 35.5. The molecule has 1 atom stereocenters. The number of ether oxygens (including phenoxy) is 1. The lowest BCUT2D eigenvalue weighted by Gasteiger charge is -2.14. The first-order valence-electron chi connectivity index (χ1n) is 7.36. The molecule has 0 spiro atoms. The first kappa shape index (κ1) is 17.6. The number of halogens is 1. The van der Waals surface area contributed by atoms with Gasteiger partial charge in [-0.3, -0.25) is 4.79 Å². The van der Waals surface area contributed by atoms with Crippen LogP contribution < -0.4 is 10.1 Å². The SMILES string of the molecule is COc1ccc(Cl)cc1/C=C(\C#N)C(=O)N[C@H](C)c1ccccc1. The summed E-state index contributed by atoms with van der Waals surface area (Å²) in [6, 6.07) is 16.3. The molecule has 122 valence electrons. The Morgan fingerprint density at radius 3 is 2.62 bits per heavy atom. The number of rotatable bonds is 5. The van der Waals surface area contributed by atoms with Crippen LogP contribution in [0.4, 0.5) is 0 Å². The summed E-state index contributed by atoms with van der Waals surface area (Å²) < 4.78 is 5.23. The number of nitrogens with zero attached hydrogens (tertiary/aromatic N) is 1. The molecule has 0 heterocycles. The Balaban J connectivity index is 2.23. The van der Waals surface area contributed by atoms with Crippen molar-refractivity contribution in [1.29, 1.82) is 5.26 Å². The smallest absolute Gasteiger partial charge is 0.262 e. The lowest BCUT2D eigenvalue weighted by atomic mass is 10.1. The van der Waals surface area contributed by atoms with Crippen molar-refractivity contribution in [2.24, 2.45) is 0 Å². The molecule has 0 saturated heterocycles. The van der Waals surface area contributed by atoms with E-state index in [4.69, 9.17) is 16.3 Å². The van der Waals surface area contributed by atoms with Gasteiger partial charge in [0.05, 0.1) is 13.2 Å². The first-order chi connectivity index (χ1) is 11.5. The van der Waals surface area contributed by atoms with E-state index in [1.807, 2.05) is 43.3 Å². The van der Waals surface area contributed by atoms with Crippen LogP contribution in [0.15, 0.2) is 54.1 Å². The van der Waals surface area contributed by atoms with Crippen LogP contribution in [0.5, 0.6) is 5.75 Å². The molecule has 2 aromatic carbocycles. The fourth-order valence-corrected chi connectivity index (χ4v) is 2.40. The summed E-state index contributed by atoms with van der Waals surface area (Å²) in [6.07, 6.45) is 1.47. The maximum atomic E-state index is 12.4. The van der Waals surface area contributed by atoms with Gasteiger partial charge in [0.15, 0.2) is 0 Å². The van der Waals surface area contributed by atoms with Gasteiger partial charge >= 0.3 is 0 Å². The molecule has 0 unspecified atom stereocenters. The van der Waals surface area contributed by atoms with E-state index in [0.717, 1.165) is 5.56 Å². The van der Waals surface area contributed by atoms with E-state index in [-0.39, 0.29) is 11.6 Å². The minimum Gasteiger partial charge on any atom is -0.496 e. The Morgan fingerprint density at radius 2 is 2.00 bits per heavy atom. The molecule has 0 aliphatic carbocycles. The normalized spacial score (nSPS) is 12.2. The van der Waals surface area contributed by atoms with Crippen LogP contribution in [0.3, 0.4) is 0 Å². The van der Waals surface area contributed by atoms with Gasteiger partial charge in [-0.15, -0.1) is 0 Å². The summed E-state index contributed by atoms with van der Waals surface area (Å²) in [5.74, 6) is 0.0898. The van der Waals surface area contributed by atoms with Crippen molar-refractivity contribution < 1.29 is 9.53 Å². The summed E-state index contributed by atoms with van der Waals surface area (Å²) in [5, 5.41) is 12.6. The van der Waals surface area contributed by atoms with E-state index in [9.17, 15) is 10.1 Å². The standard InChI is InChI=1S/C19H17ClN2O2/c1-13(14-6-4-3-5-7-14)22-19(23)16(12-21)10-15-11-17(20)8-9-18(15)24-2/h3-11,13H,1-2H3,(H,22,23)/b16-10+/t13-/m1/s1. The second kappa shape index (κ2) is 8.19. The monoisotopic (exact) mass is 340 g/mol. The van der Waals surface area contributed by atoms with E-state index < -0.39 is 5.91 Å². The molecule has 2 rings (SSSR count). The number of methoxy groups -OCH3 is 1. The molecular formula is C19H17ClN2O2. The predicted octanol–water partition coefficient (Wildman–Crippen LogP) is 4.13. The van der Waals surface area contributed by atoms with Crippen LogP contribution in [0.25, 0.3) is 6.08 Å². The molecule has 4 nitrogen and oxygen atoms in total. The van der Waals surface area contributed by atoms with Crippen LogP contribution in [-0.4, -0.2) is 13.0 Å². The maximum absolute atomic E-state index is 12.4. The van der Waals surface area contributed by atoms with Gasteiger partial charge in [-0.2, -0.15) is 5.26 Å². The predicted molar refractivity (Wildman–Crippen MR) is 94.6 cm³/mol. The van der Waals surface area contributed by atoms with Crippen molar-refractivity contribution >= 4 is 23.6 Å². The van der Waals surface area contributed by atoms with Crippen molar-refractivity contribution in [2.75, 3.05) is 7.11 Å². The zero-order valence-corrected chi connectivity index (χ0v) is 14.2. The molecule has 5 heteroatoms. The number of hydrogen-bond acceptors (Lipinski definition) is 3. The van der Waals surface area contributed by atoms with Crippen LogP contribution in [0.1, 0.15) is 24.1 Å². The van der Waals surface area contributed by atoms with Gasteiger partial charge in [0.2, 0.25) is 0 Å². The van der Waals surface area contributed by atoms with Gasteiger partial charge in [0.25, 0.3) is 5.91 Å². The average molecular weight is 341 g/mol. The van der Waals surface area contributed by atoms with E-state index >= 15 is 0 Å². The molecule has 0 aliphatic rings. The van der Waals surface area contributed by atoms with Crippen molar-refractivity contribution in [3.63, 3.8) is 0 Å². The van der Waals surface area contributed by atoms with Gasteiger partial charge in [0, 0.05) is 10.6 Å². The van der Waals surface area contributed by atoms with E-state index in [2.05, 4.69) is 5.32 Å². The Kier molecular flexibility index (Phi) is 6.00. The molecule has 2 aromatic rings. The Hall–Kier alpha value is -2.77. The summed E-state index contributed by atoms with van der Waals surface area (Å²) >= 11 is 5.98. The van der Waals surface area contributed by atoms with E-state index in [1.54, 1.807) is 18.2 Å². The number of nitrogens with one attached hydrogen (secondary N) is 1. The summed E-state index contributed by atoms with van der Waals surface area (Å²) in [7, 11) is 1.52. The highest BCUT2D eigenvalue weighted by molar-refractivity contribution is 6.30. The molecular weight excluding hydrogens is 324 g/mol. The van der Waals surface area contributed by atoms with Crippen molar-refractivity contribution in [1.82, 2.24) is 5.32 Å². The van der Waals surface area contributed by atoms with Gasteiger partial charge in [-0.05, 0) is 36.8 Å². The molecule has 0 fully saturated rings. The summed E-state index contributed by atoms with van der Waals surface area (Å²) in [6.45, 7) is 1.86. The molecule has 1 N–H and O–H groups in total. The number of benzene rings is 2. The second-order valence-electron chi connectivity index (χ2n) is 5.16. The van der Waals surface area contributed by atoms with E-state index in [0.29, 0.717) is 16.3 Å². The molecule has 0 bridgehead atoms. The highest BCUT2D eigenvalue weighted by Crippen LogP contribution is 2.25. The van der Waals surface area contributed by atoms with Gasteiger partial charge in [-0.1, -0.05) is 41.9 Å². The Labute approximate surface area is 146 Å². The third-order valence-corrected chi connectivity index (χ3v) is 3.74. The van der Waals surface area contributed by atoms with Crippen molar-refractivity contribution in [3.8, 4) is 11.8 Å². The van der Waals surface area contributed by atoms with Crippen LogP contribution >= 0.6 is 11.6 Å². The average Bonchev–Trinajstić information content (AvgIpc) is 2.60. The van der Waals surface area contributed by atoms with Crippen molar-refractivity contribution in [3.05, 3.63) is 70.3 Å². The zero-order chi connectivity index (χ0) is 17.5. The minimum absolute atomic E-state index is 0.0154. The first-order valence-corrected chi connectivity index (χ1v) is 7.74. The van der Waals surface area contributed by atoms with Gasteiger partial charge in [0.1, 0.15) is 17.4 Å². The van der Waals surface area contributed by atoms with Crippen LogP contribution in [-0.2, 0) is 4.79 Å². The molecule has 0 aromatic heterocycles. The lowest BCUT2D eigenvalue weighted by Crippen LogP contribution is -2.27. The quantitative estimate of drug-likeness (QED) is 0.657. The highest BCUT2D eigenvalue weighted by Gasteiger charge is 2.14. The summed E-state index contributed by atoms with van der Waals surface area (Å²) in [4.78, 5) is 12.4. The van der Waals surface area contributed by atoms with E-state index in [1.165, 1.54) is 13.2 Å².